The lowest BCUT2D eigenvalue weighted by Gasteiger charge is -2.27. The number of amides is 1. The van der Waals surface area contributed by atoms with Gasteiger partial charge in [0, 0.05) is 18.1 Å². The number of halogens is 1. The molecule has 1 saturated heterocycles. The summed E-state index contributed by atoms with van der Waals surface area (Å²) in [4.78, 5) is 14.1. The topological polar surface area (TPSA) is 67.4 Å². The average Bonchev–Trinajstić information content (AvgIpc) is 2.58. The molecule has 6 nitrogen and oxygen atoms in total. The number of nitrogens with one attached hydrogen (secondary N) is 1. The molecule has 3 rings (SSSR count). The van der Waals surface area contributed by atoms with E-state index in [1.54, 1.807) is 18.2 Å². The first kappa shape index (κ1) is 15.7. The van der Waals surface area contributed by atoms with Gasteiger partial charge >= 0.3 is 0 Å². The van der Waals surface area contributed by atoms with Gasteiger partial charge < -0.3 is 15.0 Å². The molecule has 1 aliphatic heterocycles. The third-order valence-corrected chi connectivity index (χ3v) is 3.78. The molecule has 0 radical (unpaired) electrons. The zero-order valence-corrected chi connectivity index (χ0v) is 13.3. The van der Waals surface area contributed by atoms with Crippen molar-refractivity contribution in [1.29, 1.82) is 0 Å². The molecule has 7 heteroatoms. The molecule has 23 heavy (non-hydrogen) atoms. The summed E-state index contributed by atoms with van der Waals surface area (Å²) in [5.41, 5.74) is 0.893. The van der Waals surface area contributed by atoms with Crippen LogP contribution < -0.4 is 10.2 Å². The van der Waals surface area contributed by atoms with Crippen LogP contribution in [0.25, 0.3) is 0 Å². The maximum atomic E-state index is 12.0. The van der Waals surface area contributed by atoms with E-state index in [0.29, 0.717) is 24.1 Å². The SMILES string of the molecule is O=C(Cc1ccc(Cl)cc1)Nc1ccc(N2CCOCC2)nn1. The molecular formula is C16H17ClN4O2. The molecule has 2 aromatic rings. The Hall–Kier alpha value is -2.18. The van der Waals surface area contributed by atoms with Crippen LogP contribution in [-0.2, 0) is 16.0 Å². The molecule has 1 fully saturated rings. The summed E-state index contributed by atoms with van der Waals surface area (Å²) in [6.45, 7) is 3.00. The van der Waals surface area contributed by atoms with E-state index in [4.69, 9.17) is 16.3 Å². The number of anilines is 2. The number of aromatic nitrogens is 2. The third kappa shape index (κ3) is 4.40. The maximum absolute atomic E-state index is 12.0. The highest BCUT2D eigenvalue weighted by Crippen LogP contribution is 2.14. The van der Waals surface area contributed by atoms with Gasteiger partial charge in [0.1, 0.15) is 0 Å². The van der Waals surface area contributed by atoms with Crippen molar-refractivity contribution in [3.05, 3.63) is 47.0 Å². The van der Waals surface area contributed by atoms with E-state index in [1.807, 2.05) is 18.2 Å². The predicted octanol–water partition coefficient (Wildman–Crippen LogP) is 2.15. The van der Waals surface area contributed by atoms with E-state index in [2.05, 4.69) is 20.4 Å². The van der Waals surface area contributed by atoms with Crippen LogP contribution in [0.2, 0.25) is 5.02 Å². The van der Waals surface area contributed by atoms with Crippen molar-refractivity contribution < 1.29 is 9.53 Å². The number of nitrogens with zero attached hydrogens (tertiary/aromatic N) is 3. The Morgan fingerprint density at radius 2 is 1.87 bits per heavy atom. The number of benzene rings is 1. The number of carbonyl (C=O) groups excluding carboxylic acids is 1. The lowest BCUT2D eigenvalue weighted by atomic mass is 10.1. The molecule has 0 unspecified atom stereocenters. The molecule has 1 aromatic carbocycles. The van der Waals surface area contributed by atoms with Crippen molar-refractivity contribution in [3.63, 3.8) is 0 Å². The van der Waals surface area contributed by atoms with E-state index < -0.39 is 0 Å². The molecule has 1 amide bonds. The molecule has 0 spiro atoms. The number of hydrogen-bond acceptors (Lipinski definition) is 5. The van der Waals surface area contributed by atoms with Gasteiger partial charge in [-0.15, -0.1) is 10.2 Å². The van der Waals surface area contributed by atoms with E-state index in [9.17, 15) is 4.79 Å². The van der Waals surface area contributed by atoms with Gasteiger partial charge in [-0.25, -0.2) is 0 Å². The maximum Gasteiger partial charge on any atom is 0.229 e. The Labute approximate surface area is 139 Å². The van der Waals surface area contributed by atoms with Crippen LogP contribution in [0.1, 0.15) is 5.56 Å². The van der Waals surface area contributed by atoms with Gasteiger partial charge in [-0.05, 0) is 29.8 Å². The van der Waals surface area contributed by atoms with Crippen LogP contribution in [0.4, 0.5) is 11.6 Å². The van der Waals surface area contributed by atoms with Crippen LogP contribution in [0, 0.1) is 0 Å². The summed E-state index contributed by atoms with van der Waals surface area (Å²) in [6, 6.07) is 10.8. The predicted molar refractivity (Wildman–Crippen MR) is 88.8 cm³/mol. The zero-order valence-electron chi connectivity index (χ0n) is 12.5. The fraction of sp³-hybridized carbons (Fsp3) is 0.312. The van der Waals surface area contributed by atoms with Crippen LogP contribution in [-0.4, -0.2) is 42.4 Å². The van der Waals surface area contributed by atoms with Crippen molar-refractivity contribution in [2.75, 3.05) is 36.5 Å². The Kier molecular flexibility index (Phi) is 5.05. The Morgan fingerprint density at radius 3 is 2.52 bits per heavy atom. The van der Waals surface area contributed by atoms with Crippen LogP contribution in [0.5, 0.6) is 0 Å². The second-order valence-corrected chi connectivity index (χ2v) is 5.66. The minimum absolute atomic E-state index is 0.138. The monoisotopic (exact) mass is 332 g/mol. The smallest absolute Gasteiger partial charge is 0.229 e. The number of rotatable bonds is 4. The van der Waals surface area contributed by atoms with Crippen molar-refractivity contribution in [3.8, 4) is 0 Å². The van der Waals surface area contributed by atoms with Crippen molar-refractivity contribution in [2.45, 2.75) is 6.42 Å². The average molecular weight is 333 g/mol. The van der Waals surface area contributed by atoms with Gasteiger partial charge in [0.15, 0.2) is 11.6 Å². The van der Waals surface area contributed by atoms with Gasteiger partial charge in [0.05, 0.1) is 19.6 Å². The lowest BCUT2D eigenvalue weighted by molar-refractivity contribution is -0.115. The molecule has 0 saturated carbocycles. The number of morpholine rings is 1. The first-order valence-electron chi connectivity index (χ1n) is 7.41. The fourth-order valence-electron chi connectivity index (χ4n) is 2.33. The summed E-state index contributed by atoms with van der Waals surface area (Å²) in [5, 5.41) is 11.6. The Morgan fingerprint density at radius 1 is 1.13 bits per heavy atom. The lowest BCUT2D eigenvalue weighted by Crippen LogP contribution is -2.36. The second-order valence-electron chi connectivity index (χ2n) is 5.23. The minimum atomic E-state index is -0.138. The van der Waals surface area contributed by atoms with Gasteiger partial charge in [0.2, 0.25) is 5.91 Å². The third-order valence-electron chi connectivity index (χ3n) is 3.53. The Bertz CT molecular complexity index is 655. The summed E-state index contributed by atoms with van der Waals surface area (Å²) in [7, 11) is 0. The van der Waals surface area contributed by atoms with Crippen LogP contribution in [0.15, 0.2) is 36.4 Å². The molecule has 2 heterocycles. The van der Waals surface area contributed by atoms with Crippen molar-refractivity contribution in [2.24, 2.45) is 0 Å². The number of ether oxygens (including phenoxy) is 1. The van der Waals surface area contributed by atoms with Gasteiger partial charge in [-0.2, -0.15) is 0 Å². The normalized spacial score (nSPS) is 14.6. The van der Waals surface area contributed by atoms with Crippen molar-refractivity contribution in [1.82, 2.24) is 10.2 Å². The summed E-state index contributed by atoms with van der Waals surface area (Å²) >= 11 is 5.83. The molecule has 0 bridgehead atoms. The van der Waals surface area contributed by atoms with E-state index in [0.717, 1.165) is 24.5 Å². The van der Waals surface area contributed by atoms with E-state index >= 15 is 0 Å². The molecular weight excluding hydrogens is 316 g/mol. The standard InChI is InChI=1S/C16H17ClN4O2/c17-13-3-1-12(2-4-13)11-16(22)18-14-5-6-15(20-19-14)21-7-9-23-10-8-21/h1-6H,7-11H2,(H,18,19,22). The van der Waals surface area contributed by atoms with E-state index in [1.165, 1.54) is 0 Å². The second kappa shape index (κ2) is 7.39. The van der Waals surface area contributed by atoms with Crippen LogP contribution in [0.3, 0.4) is 0 Å². The molecule has 1 aliphatic rings. The summed E-state index contributed by atoms with van der Waals surface area (Å²) in [5.74, 6) is 1.10. The highest BCUT2D eigenvalue weighted by Gasteiger charge is 2.13. The quantitative estimate of drug-likeness (QED) is 0.929. The Balaban J connectivity index is 1.57. The van der Waals surface area contributed by atoms with Crippen LogP contribution >= 0.6 is 11.6 Å². The number of hydrogen-bond donors (Lipinski definition) is 1. The molecule has 0 atom stereocenters. The van der Waals surface area contributed by atoms with Gasteiger partial charge in [-0.1, -0.05) is 23.7 Å². The molecule has 1 aromatic heterocycles. The van der Waals surface area contributed by atoms with Gasteiger partial charge in [-0.3, -0.25) is 4.79 Å². The first-order chi connectivity index (χ1) is 11.2. The van der Waals surface area contributed by atoms with Gasteiger partial charge in [0.25, 0.3) is 0 Å². The molecule has 0 aliphatic carbocycles. The zero-order chi connectivity index (χ0) is 16.1. The largest absolute Gasteiger partial charge is 0.378 e. The molecule has 120 valence electrons. The minimum Gasteiger partial charge on any atom is -0.378 e. The highest BCUT2D eigenvalue weighted by molar-refractivity contribution is 6.30. The highest BCUT2D eigenvalue weighted by atomic mass is 35.5. The first-order valence-corrected chi connectivity index (χ1v) is 7.79. The number of carbonyl (C=O) groups is 1. The summed E-state index contributed by atoms with van der Waals surface area (Å²) in [6.07, 6.45) is 0.268. The van der Waals surface area contributed by atoms with Crippen molar-refractivity contribution >= 4 is 29.1 Å². The van der Waals surface area contributed by atoms with E-state index in [-0.39, 0.29) is 12.3 Å². The summed E-state index contributed by atoms with van der Waals surface area (Å²) < 4.78 is 5.31. The molecule has 1 N–H and O–H groups in total. The fourth-order valence-corrected chi connectivity index (χ4v) is 2.45.